The third-order valence-electron chi connectivity index (χ3n) is 2.79. The summed E-state index contributed by atoms with van der Waals surface area (Å²) in [5.74, 6) is -0.568. The van der Waals surface area contributed by atoms with E-state index < -0.39 is 0 Å². The van der Waals surface area contributed by atoms with Crippen molar-refractivity contribution in [3.05, 3.63) is 56.5 Å². The van der Waals surface area contributed by atoms with Crippen LogP contribution in [0, 0.1) is 12.7 Å². The minimum Gasteiger partial charge on any atom is -0.337 e. The minimum atomic E-state index is -0.363. The standard InChI is InChI=1S/C14H13ClFNOS/c1-9-3-4-10(7-12(9)16)14(18)17(2)8-11-5-6-13(15)19-11/h3-7H,8H2,1-2H3. The molecule has 0 aliphatic carbocycles. The average Bonchev–Trinajstić information content (AvgIpc) is 2.77. The zero-order valence-electron chi connectivity index (χ0n) is 10.6. The molecule has 0 fully saturated rings. The number of thiophene rings is 1. The fourth-order valence-electron chi connectivity index (χ4n) is 1.69. The first-order valence-corrected chi connectivity index (χ1v) is 6.92. The SMILES string of the molecule is Cc1ccc(C(=O)N(C)Cc2ccc(Cl)s2)cc1F. The Morgan fingerprint density at radius 1 is 1.37 bits per heavy atom. The second-order valence-electron chi connectivity index (χ2n) is 4.33. The second kappa shape index (κ2) is 5.72. The number of hydrogen-bond donors (Lipinski definition) is 0. The summed E-state index contributed by atoms with van der Waals surface area (Å²) in [5.41, 5.74) is 0.887. The van der Waals surface area contributed by atoms with Crippen LogP contribution in [0.2, 0.25) is 4.34 Å². The van der Waals surface area contributed by atoms with Gasteiger partial charge in [0.05, 0.1) is 10.9 Å². The molecule has 1 aromatic carbocycles. The molecule has 0 aliphatic heterocycles. The Morgan fingerprint density at radius 3 is 2.68 bits per heavy atom. The van der Waals surface area contributed by atoms with Crippen LogP contribution >= 0.6 is 22.9 Å². The number of rotatable bonds is 3. The molecule has 100 valence electrons. The molecule has 0 saturated carbocycles. The summed E-state index contributed by atoms with van der Waals surface area (Å²) in [7, 11) is 1.69. The summed E-state index contributed by atoms with van der Waals surface area (Å²) in [6.45, 7) is 2.13. The van der Waals surface area contributed by atoms with E-state index in [1.54, 1.807) is 37.1 Å². The molecular weight excluding hydrogens is 285 g/mol. The summed E-state index contributed by atoms with van der Waals surface area (Å²) >= 11 is 7.28. The Balaban J connectivity index is 2.12. The van der Waals surface area contributed by atoms with Gasteiger partial charge < -0.3 is 4.90 Å². The van der Waals surface area contributed by atoms with Crippen LogP contribution in [-0.4, -0.2) is 17.9 Å². The van der Waals surface area contributed by atoms with Crippen LogP contribution in [0.4, 0.5) is 4.39 Å². The maximum Gasteiger partial charge on any atom is 0.254 e. The maximum absolute atomic E-state index is 13.4. The van der Waals surface area contributed by atoms with Crippen LogP contribution in [0.1, 0.15) is 20.8 Å². The molecule has 0 saturated heterocycles. The summed E-state index contributed by atoms with van der Waals surface area (Å²) in [6, 6.07) is 8.20. The van der Waals surface area contributed by atoms with Gasteiger partial charge in [-0.25, -0.2) is 4.39 Å². The van der Waals surface area contributed by atoms with Gasteiger partial charge in [-0.05, 0) is 36.8 Å². The summed E-state index contributed by atoms with van der Waals surface area (Å²) in [5, 5.41) is 0. The van der Waals surface area contributed by atoms with Crippen molar-refractivity contribution in [2.45, 2.75) is 13.5 Å². The van der Waals surface area contributed by atoms with E-state index in [0.717, 1.165) is 4.88 Å². The van der Waals surface area contributed by atoms with Crippen molar-refractivity contribution in [1.82, 2.24) is 4.90 Å². The molecule has 2 nitrogen and oxygen atoms in total. The van der Waals surface area contributed by atoms with Crippen molar-refractivity contribution >= 4 is 28.8 Å². The highest BCUT2D eigenvalue weighted by atomic mass is 35.5. The molecule has 0 spiro atoms. The normalized spacial score (nSPS) is 10.5. The smallest absolute Gasteiger partial charge is 0.254 e. The van der Waals surface area contributed by atoms with Gasteiger partial charge in [0, 0.05) is 17.5 Å². The molecule has 1 aromatic heterocycles. The van der Waals surface area contributed by atoms with Crippen LogP contribution < -0.4 is 0 Å². The topological polar surface area (TPSA) is 20.3 Å². The number of halogens is 2. The molecule has 0 atom stereocenters. The molecule has 1 amide bonds. The Bertz CT molecular complexity index is 611. The number of carbonyl (C=O) groups excluding carboxylic acids is 1. The van der Waals surface area contributed by atoms with Crippen LogP contribution in [0.25, 0.3) is 0 Å². The first kappa shape index (κ1) is 14.0. The number of carbonyl (C=O) groups is 1. The van der Waals surface area contributed by atoms with E-state index in [-0.39, 0.29) is 11.7 Å². The van der Waals surface area contributed by atoms with Gasteiger partial charge in [0.25, 0.3) is 5.91 Å². The zero-order valence-corrected chi connectivity index (χ0v) is 12.2. The molecule has 5 heteroatoms. The summed E-state index contributed by atoms with van der Waals surface area (Å²) in [4.78, 5) is 14.7. The molecule has 0 aliphatic rings. The molecule has 0 bridgehead atoms. The highest BCUT2D eigenvalue weighted by Gasteiger charge is 2.14. The van der Waals surface area contributed by atoms with E-state index in [9.17, 15) is 9.18 Å². The molecule has 2 rings (SSSR count). The van der Waals surface area contributed by atoms with E-state index in [2.05, 4.69) is 0 Å². The van der Waals surface area contributed by atoms with E-state index >= 15 is 0 Å². The van der Waals surface area contributed by atoms with Gasteiger partial charge in [-0.1, -0.05) is 17.7 Å². The molecular formula is C14H13ClFNOS. The van der Waals surface area contributed by atoms with Crippen LogP contribution in [0.5, 0.6) is 0 Å². The molecule has 19 heavy (non-hydrogen) atoms. The molecule has 0 radical (unpaired) electrons. The third-order valence-corrected chi connectivity index (χ3v) is 4.00. The maximum atomic E-state index is 13.4. The number of hydrogen-bond acceptors (Lipinski definition) is 2. The van der Waals surface area contributed by atoms with Gasteiger partial charge >= 0.3 is 0 Å². The predicted octanol–water partition coefficient (Wildman–Crippen LogP) is 4.12. The van der Waals surface area contributed by atoms with E-state index in [1.807, 2.05) is 6.07 Å². The number of benzene rings is 1. The Kier molecular flexibility index (Phi) is 4.22. The molecule has 0 N–H and O–H groups in total. The van der Waals surface area contributed by atoms with Crippen molar-refractivity contribution in [2.24, 2.45) is 0 Å². The van der Waals surface area contributed by atoms with E-state index in [0.29, 0.717) is 22.0 Å². The predicted molar refractivity (Wildman–Crippen MR) is 76.3 cm³/mol. The molecule has 2 aromatic rings. The van der Waals surface area contributed by atoms with Gasteiger partial charge in [-0.2, -0.15) is 0 Å². The number of nitrogens with zero attached hydrogens (tertiary/aromatic N) is 1. The Morgan fingerprint density at radius 2 is 2.11 bits per heavy atom. The minimum absolute atomic E-state index is 0.205. The van der Waals surface area contributed by atoms with Gasteiger partial charge in [-0.15, -0.1) is 11.3 Å². The van der Waals surface area contributed by atoms with Crippen molar-refractivity contribution in [1.29, 1.82) is 0 Å². The Labute approximate surface area is 120 Å². The van der Waals surface area contributed by atoms with Crippen molar-refractivity contribution in [3.8, 4) is 0 Å². The lowest BCUT2D eigenvalue weighted by Crippen LogP contribution is -2.25. The zero-order chi connectivity index (χ0) is 14.0. The third kappa shape index (κ3) is 3.33. The quantitative estimate of drug-likeness (QED) is 0.834. The fraction of sp³-hybridized carbons (Fsp3) is 0.214. The second-order valence-corrected chi connectivity index (χ2v) is 6.13. The first-order valence-electron chi connectivity index (χ1n) is 5.73. The monoisotopic (exact) mass is 297 g/mol. The van der Waals surface area contributed by atoms with Crippen molar-refractivity contribution < 1.29 is 9.18 Å². The van der Waals surface area contributed by atoms with Crippen LogP contribution in [0.15, 0.2) is 30.3 Å². The number of aryl methyl sites for hydroxylation is 1. The van der Waals surface area contributed by atoms with Gasteiger partial charge in [0.2, 0.25) is 0 Å². The van der Waals surface area contributed by atoms with Gasteiger partial charge in [-0.3, -0.25) is 4.79 Å². The lowest BCUT2D eigenvalue weighted by molar-refractivity contribution is 0.0786. The fourth-order valence-corrected chi connectivity index (χ4v) is 2.83. The van der Waals surface area contributed by atoms with Crippen molar-refractivity contribution in [3.63, 3.8) is 0 Å². The van der Waals surface area contributed by atoms with Crippen LogP contribution in [-0.2, 0) is 6.54 Å². The molecule has 0 unspecified atom stereocenters. The van der Waals surface area contributed by atoms with Crippen LogP contribution in [0.3, 0.4) is 0 Å². The van der Waals surface area contributed by atoms with E-state index in [4.69, 9.17) is 11.6 Å². The Hall–Kier alpha value is -1.39. The van der Waals surface area contributed by atoms with Crippen molar-refractivity contribution in [2.75, 3.05) is 7.05 Å². The lowest BCUT2D eigenvalue weighted by atomic mass is 10.1. The summed E-state index contributed by atoms with van der Waals surface area (Å²) < 4.78 is 14.1. The van der Waals surface area contributed by atoms with Gasteiger partial charge in [0.15, 0.2) is 0 Å². The first-order chi connectivity index (χ1) is 8.97. The molecule has 1 heterocycles. The summed E-state index contributed by atoms with van der Waals surface area (Å²) in [6.07, 6.45) is 0. The highest BCUT2D eigenvalue weighted by molar-refractivity contribution is 7.16. The van der Waals surface area contributed by atoms with Gasteiger partial charge in [0.1, 0.15) is 5.82 Å². The number of amides is 1. The lowest BCUT2D eigenvalue weighted by Gasteiger charge is -2.16. The highest BCUT2D eigenvalue weighted by Crippen LogP contribution is 2.23. The average molecular weight is 298 g/mol. The largest absolute Gasteiger partial charge is 0.337 e. The van der Waals surface area contributed by atoms with E-state index in [1.165, 1.54) is 17.4 Å².